The predicted molar refractivity (Wildman–Crippen MR) is 81.8 cm³/mol. The van der Waals surface area contributed by atoms with Crippen LogP contribution in [0.4, 0.5) is 4.39 Å². The van der Waals surface area contributed by atoms with Gasteiger partial charge in [-0.15, -0.1) is 0 Å². The molecule has 1 aromatic rings. The molecule has 0 aromatic heterocycles. The lowest BCUT2D eigenvalue weighted by atomic mass is 10.1. The Balaban J connectivity index is 2.66. The molecule has 118 valence electrons. The number of amides is 1. The first-order valence-corrected chi connectivity index (χ1v) is 7.11. The number of methoxy groups -OCH3 is 1. The van der Waals surface area contributed by atoms with Gasteiger partial charge in [-0.3, -0.25) is 9.69 Å². The number of ether oxygens (including phenoxy) is 1. The largest absolute Gasteiger partial charge is 0.494 e. The van der Waals surface area contributed by atoms with Crippen molar-refractivity contribution in [2.75, 3.05) is 20.2 Å². The number of hydrogen-bond acceptors (Lipinski definition) is 3. The molecule has 1 amide bonds. The number of carbonyl (C=O) groups is 1. The summed E-state index contributed by atoms with van der Waals surface area (Å²) < 4.78 is 18.6. The van der Waals surface area contributed by atoms with E-state index in [0.717, 1.165) is 5.56 Å². The molecule has 0 fully saturated rings. The van der Waals surface area contributed by atoms with Crippen molar-refractivity contribution in [1.29, 1.82) is 0 Å². The smallest absolute Gasteiger partial charge is 0.234 e. The topological polar surface area (TPSA) is 41.6 Å². The second kappa shape index (κ2) is 7.41. The quantitative estimate of drug-likeness (QED) is 0.877. The first kappa shape index (κ1) is 17.4. The summed E-state index contributed by atoms with van der Waals surface area (Å²) in [4.78, 5) is 13.9. The minimum absolute atomic E-state index is 0.0293. The summed E-state index contributed by atoms with van der Waals surface area (Å²) in [5, 5.41) is 2.92. The van der Waals surface area contributed by atoms with Gasteiger partial charge in [-0.1, -0.05) is 13.0 Å². The fourth-order valence-electron chi connectivity index (χ4n) is 2.01. The van der Waals surface area contributed by atoms with Gasteiger partial charge >= 0.3 is 0 Å². The zero-order chi connectivity index (χ0) is 16.0. The minimum Gasteiger partial charge on any atom is -0.494 e. The lowest BCUT2D eigenvalue weighted by molar-refractivity contribution is -0.123. The highest BCUT2D eigenvalue weighted by molar-refractivity contribution is 5.78. The SMILES string of the molecule is CCN(CC(=O)NC(C)(C)C)Cc1ccc(OC)c(F)c1. The van der Waals surface area contributed by atoms with E-state index in [1.807, 2.05) is 38.7 Å². The maximum Gasteiger partial charge on any atom is 0.234 e. The van der Waals surface area contributed by atoms with Crippen molar-refractivity contribution in [3.05, 3.63) is 29.6 Å². The maximum absolute atomic E-state index is 13.7. The fraction of sp³-hybridized carbons (Fsp3) is 0.562. The summed E-state index contributed by atoms with van der Waals surface area (Å²) in [5.41, 5.74) is 0.571. The monoisotopic (exact) mass is 296 g/mol. The molecule has 1 N–H and O–H groups in total. The zero-order valence-corrected chi connectivity index (χ0v) is 13.5. The van der Waals surface area contributed by atoms with Crippen molar-refractivity contribution in [3.63, 3.8) is 0 Å². The Labute approximate surface area is 126 Å². The fourth-order valence-corrected chi connectivity index (χ4v) is 2.01. The van der Waals surface area contributed by atoms with Gasteiger partial charge in [0.15, 0.2) is 11.6 Å². The highest BCUT2D eigenvalue weighted by Crippen LogP contribution is 2.18. The second-order valence-electron chi connectivity index (χ2n) is 6.07. The Hall–Kier alpha value is -1.62. The second-order valence-corrected chi connectivity index (χ2v) is 6.07. The van der Waals surface area contributed by atoms with Gasteiger partial charge in [0.05, 0.1) is 13.7 Å². The van der Waals surface area contributed by atoms with E-state index in [1.54, 1.807) is 6.07 Å². The minimum atomic E-state index is -0.384. The maximum atomic E-state index is 13.7. The van der Waals surface area contributed by atoms with Crippen LogP contribution in [0, 0.1) is 5.82 Å². The molecule has 0 atom stereocenters. The first-order chi connectivity index (χ1) is 9.75. The van der Waals surface area contributed by atoms with Crippen LogP contribution in [0.5, 0.6) is 5.75 Å². The number of carbonyl (C=O) groups excluding carboxylic acids is 1. The molecule has 5 heteroatoms. The molecule has 0 aliphatic carbocycles. The number of halogens is 1. The van der Waals surface area contributed by atoms with Crippen molar-refractivity contribution in [2.24, 2.45) is 0 Å². The number of rotatable bonds is 6. The number of benzene rings is 1. The van der Waals surface area contributed by atoms with E-state index in [-0.39, 0.29) is 23.0 Å². The summed E-state index contributed by atoms with van der Waals surface area (Å²) in [6.07, 6.45) is 0. The van der Waals surface area contributed by atoms with E-state index in [1.165, 1.54) is 13.2 Å². The average molecular weight is 296 g/mol. The molecule has 0 spiro atoms. The Morgan fingerprint density at radius 2 is 2.05 bits per heavy atom. The zero-order valence-electron chi connectivity index (χ0n) is 13.5. The van der Waals surface area contributed by atoms with Crippen LogP contribution < -0.4 is 10.1 Å². The number of hydrogen-bond donors (Lipinski definition) is 1. The van der Waals surface area contributed by atoms with Gasteiger partial charge in [-0.2, -0.15) is 0 Å². The average Bonchev–Trinajstić information content (AvgIpc) is 2.36. The van der Waals surface area contributed by atoms with Gasteiger partial charge in [0.25, 0.3) is 0 Å². The van der Waals surface area contributed by atoms with Gasteiger partial charge in [0.1, 0.15) is 0 Å². The molecule has 1 rings (SSSR count). The van der Waals surface area contributed by atoms with E-state index in [2.05, 4.69) is 5.32 Å². The van der Waals surface area contributed by atoms with Crippen molar-refractivity contribution < 1.29 is 13.9 Å². The van der Waals surface area contributed by atoms with Crippen LogP contribution in [0.15, 0.2) is 18.2 Å². The van der Waals surface area contributed by atoms with E-state index in [4.69, 9.17) is 4.74 Å². The lowest BCUT2D eigenvalue weighted by Gasteiger charge is -2.25. The van der Waals surface area contributed by atoms with Gasteiger partial charge in [-0.25, -0.2) is 4.39 Å². The van der Waals surface area contributed by atoms with Gasteiger partial charge in [0, 0.05) is 12.1 Å². The summed E-state index contributed by atoms with van der Waals surface area (Å²) >= 11 is 0. The van der Waals surface area contributed by atoms with Crippen LogP contribution in [0.2, 0.25) is 0 Å². The van der Waals surface area contributed by atoms with Crippen molar-refractivity contribution in [3.8, 4) is 5.75 Å². The molecule has 0 radical (unpaired) electrons. The van der Waals surface area contributed by atoms with Crippen LogP contribution in [-0.4, -0.2) is 36.5 Å². The molecule has 1 aromatic carbocycles. The van der Waals surface area contributed by atoms with Crippen molar-refractivity contribution >= 4 is 5.91 Å². The molecular formula is C16H25FN2O2. The van der Waals surface area contributed by atoms with E-state index in [0.29, 0.717) is 19.6 Å². The van der Waals surface area contributed by atoms with Crippen molar-refractivity contribution in [1.82, 2.24) is 10.2 Å². The Kier molecular flexibility index (Phi) is 6.15. The number of nitrogens with zero attached hydrogens (tertiary/aromatic N) is 1. The summed E-state index contributed by atoms with van der Waals surface area (Å²) in [6.45, 7) is 9.34. The summed E-state index contributed by atoms with van der Waals surface area (Å²) in [7, 11) is 1.44. The number of likely N-dealkylation sites (N-methyl/N-ethyl adjacent to an activating group) is 1. The Morgan fingerprint density at radius 3 is 2.52 bits per heavy atom. The first-order valence-electron chi connectivity index (χ1n) is 7.11. The molecule has 0 aliphatic rings. The summed E-state index contributed by atoms with van der Waals surface area (Å²) in [5.74, 6) is -0.184. The Morgan fingerprint density at radius 1 is 1.38 bits per heavy atom. The lowest BCUT2D eigenvalue weighted by Crippen LogP contribution is -2.45. The molecular weight excluding hydrogens is 271 g/mol. The molecule has 0 bridgehead atoms. The molecule has 0 unspecified atom stereocenters. The molecule has 4 nitrogen and oxygen atoms in total. The third kappa shape index (κ3) is 6.12. The highest BCUT2D eigenvalue weighted by Gasteiger charge is 2.16. The van der Waals surface area contributed by atoms with Crippen molar-refractivity contribution in [2.45, 2.75) is 39.8 Å². The van der Waals surface area contributed by atoms with Crippen LogP contribution >= 0.6 is 0 Å². The summed E-state index contributed by atoms with van der Waals surface area (Å²) in [6, 6.07) is 4.86. The molecule has 0 aliphatic heterocycles. The predicted octanol–water partition coefficient (Wildman–Crippen LogP) is 2.57. The third-order valence-corrected chi connectivity index (χ3v) is 2.95. The van der Waals surface area contributed by atoms with Gasteiger partial charge < -0.3 is 10.1 Å². The molecule has 0 saturated carbocycles. The Bertz CT molecular complexity index is 484. The van der Waals surface area contributed by atoms with Crippen LogP contribution in [0.25, 0.3) is 0 Å². The molecule has 21 heavy (non-hydrogen) atoms. The van der Waals surface area contributed by atoms with Crippen LogP contribution in [-0.2, 0) is 11.3 Å². The normalized spacial score (nSPS) is 11.6. The molecule has 0 saturated heterocycles. The van der Waals surface area contributed by atoms with Gasteiger partial charge in [-0.05, 0) is 45.0 Å². The van der Waals surface area contributed by atoms with E-state index in [9.17, 15) is 9.18 Å². The highest BCUT2D eigenvalue weighted by atomic mass is 19.1. The standard InChI is InChI=1S/C16H25FN2O2/c1-6-19(11-15(20)18-16(2,3)4)10-12-7-8-14(21-5)13(17)9-12/h7-9H,6,10-11H2,1-5H3,(H,18,20). The molecule has 0 heterocycles. The van der Waals surface area contributed by atoms with Crippen LogP contribution in [0.3, 0.4) is 0 Å². The van der Waals surface area contributed by atoms with E-state index >= 15 is 0 Å². The third-order valence-electron chi connectivity index (χ3n) is 2.95. The number of nitrogens with one attached hydrogen (secondary N) is 1. The van der Waals surface area contributed by atoms with E-state index < -0.39 is 0 Å². The van der Waals surface area contributed by atoms with Gasteiger partial charge in [0.2, 0.25) is 5.91 Å². The van der Waals surface area contributed by atoms with Crippen LogP contribution in [0.1, 0.15) is 33.3 Å².